The van der Waals surface area contributed by atoms with Crippen molar-refractivity contribution < 1.29 is 32.6 Å². The van der Waals surface area contributed by atoms with E-state index in [0.717, 1.165) is 23.5 Å². The van der Waals surface area contributed by atoms with Crippen LogP contribution in [0.2, 0.25) is 10.0 Å². The number of aryl methyl sites for hydroxylation is 1. The summed E-state index contributed by atoms with van der Waals surface area (Å²) in [5, 5.41) is 9.90. The Labute approximate surface area is 226 Å². The SMILES string of the molecule is CCC(Oc1ccc(CCC(=O)c2sc(-c3ccc(C(F)(F)F)cc3)nc2C(C)C)c(Cl)c1Cl)C(=O)O. The van der Waals surface area contributed by atoms with Gasteiger partial charge in [0.15, 0.2) is 11.9 Å². The zero-order chi connectivity index (χ0) is 27.5. The molecular weight excluding hydrogens is 550 g/mol. The molecule has 2 aromatic carbocycles. The molecule has 3 aromatic rings. The summed E-state index contributed by atoms with van der Waals surface area (Å²) in [4.78, 5) is 29.4. The molecule has 0 fully saturated rings. The Balaban J connectivity index is 1.79. The van der Waals surface area contributed by atoms with E-state index in [-0.39, 0.29) is 46.8 Å². The normalized spacial score (nSPS) is 12.6. The van der Waals surface area contributed by atoms with Crippen molar-refractivity contribution in [3.63, 3.8) is 0 Å². The van der Waals surface area contributed by atoms with Crippen LogP contribution in [0.15, 0.2) is 36.4 Å². The minimum Gasteiger partial charge on any atom is -0.479 e. The number of Topliss-reactive ketones (excluding diaryl/α,β-unsaturated/α-hetero) is 1. The predicted octanol–water partition coefficient (Wildman–Crippen LogP) is 8.32. The highest BCUT2D eigenvalue weighted by molar-refractivity contribution is 7.17. The van der Waals surface area contributed by atoms with Gasteiger partial charge in [-0.15, -0.1) is 11.3 Å². The molecule has 0 bridgehead atoms. The molecule has 198 valence electrons. The third-order valence-corrected chi connectivity index (χ3v) is 7.64. The van der Waals surface area contributed by atoms with Crippen LogP contribution in [0.5, 0.6) is 5.75 Å². The lowest BCUT2D eigenvalue weighted by molar-refractivity contribution is -0.145. The fourth-order valence-corrected chi connectivity index (χ4v) is 5.20. The van der Waals surface area contributed by atoms with Gasteiger partial charge in [-0.1, -0.05) is 62.2 Å². The van der Waals surface area contributed by atoms with Crippen molar-refractivity contribution in [3.8, 4) is 16.3 Å². The number of nitrogens with zero attached hydrogens (tertiary/aromatic N) is 1. The number of alkyl halides is 3. The van der Waals surface area contributed by atoms with Gasteiger partial charge in [-0.2, -0.15) is 13.2 Å². The first kappa shape index (κ1) is 28.9. The average molecular weight is 574 g/mol. The van der Waals surface area contributed by atoms with Crippen LogP contribution in [0.4, 0.5) is 13.2 Å². The van der Waals surface area contributed by atoms with Gasteiger partial charge < -0.3 is 9.84 Å². The second-order valence-corrected chi connectivity index (χ2v) is 10.3. The topological polar surface area (TPSA) is 76.5 Å². The molecule has 0 amide bonds. The van der Waals surface area contributed by atoms with Gasteiger partial charge in [0.2, 0.25) is 0 Å². The first-order chi connectivity index (χ1) is 17.3. The maximum absolute atomic E-state index is 13.2. The molecule has 37 heavy (non-hydrogen) atoms. The van der Waals surface area contributed by atoms with Crippen LogP contribution in [0.3, 0.4) is 0 Å². The summed E-state index contributed by atoms with van der Waals surface area (Å²) in [7, 11) is 0. The number of ketones is 1. The number of carbonyl (C=O) groups is 2. The lowest BCUT2D eigenvalue weighted by Crippen LogP contribution is -2.26. The molecule has 1 atom stereocenters. The maximum Gasteiger partial charge on any atom is 0.416 e. The molecule has 0 aliphatic carbocycles. The number of carboxylic acid groups (broad SMARTS) is 1. The lowest BCUT2D eigenvalue weighted by Gasteiger charge is -2.16. The molecule has 0 aliphatic heterocycles. The third-order valence-electron chi connectivity index (χ3n) is 5.58. The number of carbonyl (C=O) groups excluding carboxylic acids is 1. The largest absolute Gasteiger partial charge is 0.479 e. The predicted molar refractivity (Wildman–Crippen MR) is 138 cm³/mol. The van der Waals surface area contributed by atoms with Gasteiger partial charge in [0, 0.05) is 12.0 Å². The summed E-state index contributed by atoms with van der Waals surface area (Å²) in [6, 6.07) is 7.83. The number of thiazole rings is 1. The van der Waals surface area contributed by atoms with Crippen LogP contribution >= 0.6 is 34.5 Å². The van der Waals surface area contributed by atoms with Gasteiger partial charge in [0.05, 0.1) is 21.2 Å². The monoisotopic (exact) mass is 573 g/mol. The molecule has 1 heterocycles. The molecule has 5 nitrogen and oxygen atoms in total. The summed E-state index contributed by atoms with van der Waals surface area (Å²) in [5.41, 5.74) is 0.913. The Morgan fingerprint density at radius 3 is 2.27 bits per heavy atom. The molecule has 1 unspecified atom stereocenters. The molecular formula is C26H24Cl2F3NO4S. The molecule has 0 radical (unpaired) electrons. The van der Waals surface area contributed by atoms with Crippen LogP contribution in [0.25, 0.3) is 10.6 Å². The minimum atomic E-state index is -4.44. The van der Waals surface area contributed by atoms with E-state index in [1.807, 2.05) is 13.8 Å². The smallest absolute Gasteiger partial charge is 0.416 e. The van der Waals surface area contributed by atoms with E-state index >= 15 is 0 Å². The summed E-state index contributed by atoms with van der Waals surface area (Å²) < 4.78 is 44.1. The summed E-state index contributed by atoms with van der Waals surface area (Å²) in [6.07, 6.45) is -4.91. The number of benzene rings is 2. The van der Waals surface area contributed by atoms with Crippen molar-refractivity contribution in [1.29, 1.82) is 0 Å². The van der Waals surface area contributed by atoms with Gasteiger partial charge >= 0.3 is 12.1 Å². The fourth-order valence-electron chi connectivity index (χ4n) is 3.53. The van der Waals surface area contributed by atoms with E-state index in [1.54, 1.807) is 13.0 Å². The highest BCUT2D eigenvalue weighted by atomic mass is 35.5. The van der Waals surface area contributed by atoms with Gasteiger partial charge in [-0.05, 0) is 42.5 Å². The van der Waals surface area contributed by atoms with Crippen molar-refractivity contribution in [2.24, 2.45) is 0 Å². The average Bonchev–Trinajstić information content (AvgIpc) is 3.29. The summed E-state index contributed by atoms with van der Waals surface area (Å²) in [5.74, 6) is -1.23. The first-order valence-electron chi connectivity index (χ1n) is 11.4. The number of hydrogen-bond acceptors (Lipinski definition) is 5. The van der Waals surface area contributed by atoms with Crippen LogP contribution in [0, 0.1) is 0 Å². The molecule has 3 rings (SSSR count). The second-order valence-electron chi connectivity index (χ2n) is 8.59. The van der Waals surface area contributed by atoms with E-state index in [2.05, 4.69) is 4.98 Å². The van der Waals surface area contributed by atoms with Crippen LogP contribution in [-0.2, 0) is 17.4 Å². The van der Waals surface area contributed by atoms with Crippen molar-refractivity contribution in [3.05, 3.63) is 68.1 Å². The summed E-state index contributed by atoms with van der Waals surface area (Å²) in [6.45, 7) is 5.44. The van der Waals surface area contributed by atoms with Gasteiger partial charge in [-0.3, -0.25) is 4.79 Å². The van der Waals surface area contributed by atoms with E-state index in [1.165, 1.54) is 18.2 Å². The Morgan fingerprint density at radius 2 is 1.73 bits per heavy atom. The van der Waals surface area contributed by atoms with E-state index in [0.29, 0.717) is 26.7 Å². The summed E-state index contributed by atoms with van der Waals surface area (Å²) >= 11 is 13.8. The quantitative estimate of drug-likeness (QED) is 0.247. The molecule has 1 aromatic heterocycles. The molecule has 0 spiro atoms. The second kappa shape index (κ2) is 11.8. The van der Waals surface area contributed by atoms with Crippen molar-refractivity contribution >= 4 is 46.3 Å². The number of rotatable bonds is 10. The van der Waals surface area contributed by atoms with Crippen molar-refractivity contribution in [2.75, 3.05) is 0 Å². The van der Waals surface area contributed by atoms with Gasteiger partial charge in [-0.25, -0.2) is 9.78 Å². The van der Waals surface area contributed by atoms with E-state index in [9.17, 15) is 27.9 Å². The van der Waals surface area contributed by atoms with E-state index < -0.39 is 23.8 Å². The lowest BCUT2D eigenvalue weighted by atomic mass is 10.0. The van der Waals surface area contributed by atoms with Crippen molar-refractivity contribution in [2.45, 2.75) is 58.2 Å². The van der Waals surface area contributed by atoms with Crippen LogP contribution in [-0.4, -0.2) is 27.9 Å². The molecule has 11 heteroatoms. The standard InChI is InChI=1S/C26H24Cl2F3NO4S/c1-4-18(25(34)35)36-19-12-8-14(20(27)21(19)28)7-11-17(33)23-22(13(2)3)32-24(37-23)15-5-9-16(10-6-15)26(29,30)31/h5-6,8-10,12-13,18H,4,7,11H2,1-3H3,(H,34,35). The molecule has 0 saturated heterocycles. The van der Waals surface area contributed by atoms with Gasteiger partial charge in [0.1, 0.15) is 15.8 Å². The maximum atomic E-state index is 13.2. The number of ether oxygens (including phenoxy) is 1. The fraction of sp³-hybridized carbons (Fsp3) is 0.346. The Hall–Kier alpha value is -2.62. The van der Waals surface area contributed by atoms with Crippen LogP contribution < -0.4 is 4.74 Å². The molecule has 0 aliphatic rings. The van der Waals surface area contributed by atoms with Crippen LogP contribution in [0.1, 0.15) is 66.0 Å². The Kier molecular flexibility index (Phi) is 9.26. The number of halogens is 5. The zero-order valence-electron chi connectivity index (χ0n) is 20.2. The Bertz CT molecular complexity index is 1290. The van der Waals surface area contributed by atoms with Crippen molar-refractivity contribution in [1.82, 2.24) is 4.98 Å². The molecule has 0 saturated carbocycles. The highest BCUT2D eigenvalue weighted by Crippen LogP contribution is 2.38. The number of hydrogen-bond donors (Lipinski definition) is 1. The van der Waals surface area contributed by atoms with E-state index in [4.69, 9.17) is 27.9 Å². The number of aliphatic carboxylic acids is 1. The Morgan fingerprint density at radius 1 is 1.08 bits per heavy atom. The first-order valence-corrected chi connectivity index (χ1v) is 13.0. The third kappa shape index (κ3) is 6.83. The molecule has 1 N–H and O–H groups in total. The highest BCUT2D eigenvalue weighted by Gasteiger charge is 2.30. The zero-order valence-corrected chi connectivity index (χ0v) is 22.5. The number of carboxylic acids is 1. The van der Waals surface area contributed by atoms with Gasteiger partial charge in [0.25, 0.3) is 0 Å². The minimum absolute atomic E-state index is 0.0663. The number of aromatic nitrogens is 1.